The molecule has 0 saturated carbocycles. The Morgan fingerprint density at radius 1 is 1.17 bits per heavy atom. The molecule has 1 aromatic carbocycles. The first-order chi connectivity index (χ1) is 14.5. The number of carboxylic acids is 1. The molecule has 0 atom stereocenters. The van der Waals surface area contributed by atoms with Gasteiger partial charge < -0.3 is 15.2 Å². The van der Waals surface area contributed by atoms with Crippen molar-refractivity contribution in [1.82, 2.24) is 15.0 Å². The number of carbonyl (C=O) groups excluding carboxylic acids is 1. The van der Waals surface area contributed by atoms with Gasteiger partial charge in [0.2, 0.25) is 0 Å². The van der Waals surface area contributed by atoms with Crippen molar-refractivity contribution in [3.63, 3.8) is 0 Å². The number of urea groups is 1. The lowest BCUT2D eigenvalue weighted by Gasteiger charge is -2.28. The lowest BCUT2D eigenvalue weighted by atomic mass is 10.1. The van der Waals surface area contributed by atoms with Crippen LogP contribution in [0.1, 0.15) is 15.4 Å². The fourth-order valence-corrected chi connectivity index (χ4v) is 4.23. The maximum atomic E-state index is 12.9. The predicted molar refractivity (Wildman–Crippen MR) is 111 cm³/mol. The van der Waals surface area contributed by atoms with Crippen molar-refractivity contribution in [2.24, 2.45) is 0 Å². The van der Waals surface area contributed by atoms with Crippen LogP contribution in [0.2, 0.25) is 0 Å². The summed E-state index contributed by atoms with van der Waals surface area (Å²) in [5.74, 6) is -0.519. The van der Waals surface area contributed by atoms with Gasteiger partial charge in [0.25, 0.3) is 0 Å². The van der Waals surface area contributed by atoms with E-state index in [9.17, 15) is 14.7 Å². The highest BCUT2D eigenvalue weighted by atomic mass is 32.1. The number of aromatic carboxylic acids is 1. The second-order valence-electron chi connectivity index (χ2n) is 6.43. The van der Waals surface area contributed by atoms with Crippen LogP contribution in [0.15, 0.2) is 48.8 Å². The number of carbonyl (C=O) groups is 2. The van der Waals surface area contributed by atoms with Gasteiger partial charge >= 0.3 is 18.0 Å². The van der Waals surface area contributed by atoms with Crippen LogP contribution < -0.4 is 15.0 Å². The van der Waals surface area contributed by atoms with E-state index in [1.54, 1.807) is 25.1 Å². The molecule has 30 heavy (non-hydrogen) atoms. The molecule has 1 aliphatic rings. The molecule has 0 radical (unpaired) electrons. The summed E-state index contributed by atoms with van der Waals surface area (Å²) in [6.07, 6.45) is 3.04. The summed E-state index contributed by atoms with van der Waals surface area (Å²) in [5, 5.41) is 12.7. The fourth-order valence-electron chi connectivity index (χ4n) is 3.28. The highest BCUT2D eigenvalue weighted by Gasteiger charge is 2.33. The molecular weight excluding hydrogens is 406 g/mol. The second kappa shape index (κ2) is 6.78. The topological polar surface area (TPSA) is 118 Å². The van der Waals surface area contributed by atoms with Crippen molar-refractivity contribution < 1.29 is 19.4 Å². The van der Waals surface area contributed by atoms with Gasteiger partial charge in [-0.3, -0.25) is 4.90 Å². The van der Waals surface area contributed by atoms with E-state index >= 15 is 0 Å². The Morgan fingerprint density at radius 2 is 1.97 bits per heavy atom. The third-order valence-electron chi connectivity index (χ3n) is 4.56. The van der Waals surface area contributed by atoms with Crippen molar-refractivity contribution in [2.45, 2.75) is 6.92 Å². The number of ether oxygens (including phenoxy) is 1. The number of nitrogens with zero attached hydrogens (tertiary/aromatic N) is 4. The minimum Gasteiger partial charge on any atom is -0.477 e. The number of hydrogen-bond donors (Lipinski definition) is 2. The van der Waals surface area contributed by atoms with Crippen molar-refractivity contribution in [1.29, 1.82) is 0 Å². The molecule has 0 unspecified atom stereocenters. The van der Waals surface area contributed by atoms with Gasteiger partial charge in [0.15, 0.2) is 0 Å². The molecule has 4 aromatic rings. The summed E-state index contributed by atoms with van der Waals surface area (Å²) >= 11 is 1.01. The Balaban J connectivity index is 1.59. The Morgan fingerprint density at radius 3 is 2.70 bits per heavy atom. The molecule has 5 rings (SSSR count). The lowest BCUT2D eigenvalue weighted by Crippen LogP contribution is -2.34. The Kier molecular flexibility index (Phi) is 4.07. The summed E-state index contributed by atoms with van der Waals surface area (Å²) in [5.41, 5.74) is 1.75. The van der Waals surface area contributed by atoms with E-state index in [1.165, 1.54) is 17.3 Å². The first-order valence-corrected chi connectivity index (χ1v) is 9.67. The van der Waals surface area contributed by atoms with Crippen LogP contribution in [0.3, 0.4) is 0 Å². The van der Waals surface area contributed by atoms with Crippen LogP contribution in [-0.2, 0) is 0 Å². The zero-order chi connectivity index (χ0) is 20.8. The SMILES string of the molecule is Cc1nc(Oc2ccccc2)ncc1N1C(=O)Nc2c(C(=O)O)sc3nccc1c23. The molecule has 2 N–H and O–H groups in total. The fraction of sp³-hybridized carbons (Fsp3) is 0.0500. The van der Waals surface area contributed by atoms with E-state index in [0.717, 1.165) is 11.3 Å². The van der Waals surface area contributed by atoms with Gasteiger partial charge in [0.1, 0.15) is 15.5 Å². The monoisotopic (exact) mass is 419 g/mol. The van der Waals surface area contributed by atoms with E-state index in [2.05, 4.69) is 20.3 Å². The van der Waals surface area contributed by atoms with Crippen molar-refractivity contribution in [3.8, 4) is 11.8 Å². The van der Waals surface area contributed by atoms with Crippen LogP contribution in [0.4, 0.5) is 21.9 Å². The zero-order valence-electron chi connectivity index (χ0n) is 15.5. The van der Waals surface area contributed by atoms with Crippen LogP contribution >= 0.6 is 11.3 Å². The number of aromatic nitrogens is 3. The summed E-state index contributed by atoms with van der Waals surface area (Å²) in [7, 11) is 0. The summed E-state index contributed by atoms with van der Waals surface area (Å²) in [4.78, 5) is 39.3. The Labute approximate surface area is 173 Å². The molecule has 2 amide bonds. The van der Waals surface area contributed by atoms with Gasteiger partial charge in [0, 0.05) is 6.20 Å². The van der Waals surface area contributed by atoms with E-state index in [0.29, 0.717) is 33.0 Å². The van der Waals surface area contributed by atoms with Crippen LogP contribution in [0.5, 0.6) is 11.8 Å². The molecule has 0 saturated heterocycles. The van der Waals surface area contributed by atoms with Gasteiger partial charge in [0.05, 0.1) is 34.3 Å². The van der Waals surface area contributed by atoms with E-state index in [4.69, 9.17) is 4.74 Å². The molecule has 0 fully saturated rings. The number of pyridine rings is 1. The number of anilines is 3. The van der Waals surface area contributed by atoms with Crippen molar-refractivity contribution >= 4 is 50.6 Å². The van der Waals surface area contributed by atoms with E-state index in [-0.39, 0.29) is 16.6 Å². The molecule has 148 valence electrons. The van der Waals surface area contributed by atoms with E-state index in [1.807, 2.05) is 18.2 Å². The normalized spacial score (nSPS) is 12.7. The van der Waals surface area contributed by atoms with Crippen LogP contribution in [0, 0.1) is 6.92 Å². The number of carboxylic acid groups (broad SMARTS) is 1. The summed E-state index contributed by atoms with van der Waals surface area (Å²) < 4.78 is 5.66. The molecule has 0 spiro atoms. The Bertz CT molecular complexity index is 1320. The second-order valence-corrected chi connectivity index (χ2v) is 7.42. The number of nitrogens with one attached hydrogen (secondary N) is 1. The molecule has 0 bridgehead atoms. The Hall–Kier alpha value is -4.05. The van der Waals surface area contributed by atoms with Crippen LogP contribution in [0.25, 0.3) is 10.2 Å². The van der Waals surface area contributed by atoms with E-state index < -0.39 is 12.0 Å². The highest BCUT2D eigenvalue weighted by molar-refractivity contribution is 7.21. The average molecular weight is 419 g/mol. The van der Waals surface area contributed by atoms with Gasteiger partial charge in [-0.2, -0.15) is 4.98 Å². The summed E-state index contributed by atoms with van der Waals surface area (Å²) in [6, 6.07) is 10.5. The molecule has 0 aliphatic carbocycles. The summed E-state index contributed by atoms with van der Waals surface area (Å²) in [6.45, 7) is 1.74. The zero-order valence-corrected chi connectivity index (χ0v) is 16.3. The third kappa shape index (κ3) is 2.81. The average Bonchev–Trinajstić information content (AvgIpc) is 3.10. The van der Waals surface area contributed by atoms with Gasteiger partial charge in [-0.15, -0.1) is 11.3 Å². The minimum absolute atomic E-state index is 0.0394. The van der Waals surface area contributed by atoms with Crippen molar-refractivity contribution in [2.75, 3.05) is 10.2 Å². The highest BCUT2D eigenvalue weighted by Crippen LogP contribution is 2.45. The standard InChI is InChI=1S/C20H13N5O4S/c1-10-13(9-22-19(23-10)29-11-5-3-2-4-6-11)25-12-7-8-21-17-14(12)15(24-20(25)28)16(30-17)18(26)27/h2-9H,1H3,(H,24,28)(H,26,27). The largest absolute Gasteiger partial charge is 0.477 e. The predicted octanol–water partition coefficient (Wildman–Crippen LogP) is 4.57. The molecule has 3 aromatic heterocycles. The molecule has 9 nitrogen and oxygen atoms in total. The number of hydrogen-bond acceptors (Lipinski definition) is 7. The first kappa shape index (κ1) is 18.0. The maximum absolute atomic E-state index is 12.9. The first-order valence-electron chi connectivity index (χ1n) is 8.85. The number of thiophene rings is 1. The molecule has 1 aliphatic heterocycles. The molecular formula is C20H13N5O4S. The van der Waals surface area contributed by atoms with Gasteiger partial charge in [-0.05, 0) is 25.1 Å². The number of aryl methyl sites for hydroxylation is 1. The lowest BCUT2D eigenvalue weighted by molar-refractivity contribution is 0.0703. The molecule has 4 heterocycles. The number of para-hydroxylation sites is 1. The number of benzene rings is 1. The third-order valence-corrected chi connectivity index (χ3v) is 5.65. The molecule has 10 heteroatoms. The smallest absolute Gasteiger partial charge is 0.348 e. The number of rotatable bonds is 4. The van der Waals surface area contributed by atoms with Crippen molar-refractivity contribution in [3.05, 3.63) is 59.4 Å². The maximum Gasteiger partial charge on any atom is 0.348 e. The quantitative estimate of drug-likeness (QED) is 0.497. The van der Waals surface area contributed by atoms with Crippen LogP contribution in [-0.4, -0.2) is 32.1 Å². The van der Waals surface area contributed by atoms with Gasteiger partial charge in [-0.25, -0.2) is 19.6 Å². The minimum atomic E-state index is -1.12. The number of amides is 2. The van der Waals surface area contributed by atoms with Gasteiger partial charge in [-0.1, -0.05) is 18.2 Å².